The van der Waals surface area contributed by atoms with Crippen LogP contribution in [0.1, 0.15) is 6.92 Å². The van der Waals surface area contributed by atoms with Crippen LogP contribution in [0.2, 0.25) is 0 Å². The Labute approximate surface area is 156 Å². The zero-order chi connectivity index (χ0) is 19.4. The van der Waals surface area contributed by atoms with Crippen LogP contribution in [0, 0.1) is 0 Å². The molecule has 2 aromatic rings. The van der Waals surface area contributed by atoms with Gasteiger partial charge in [0, 0.05) is 13.1 Å². The fourth-order valence-corrected chi connectivity index (χ4v) is 3.34. The van der Waals surface area contributed by atoms with E-state index in [1.165, 1.54) is 40.7 Å². The Morgan fingerprint density at radius 1 is 1.26 bits per heavy atom. The smallest absolute Gasteiger partial charge is 0.406 e. The fourth-order valence-electron chi connectivity index (χ4n) is 2.45. The van der Waals surface area contributed by atoms with E-state index in [9.17, 15) is 18.0 Å². The molecule has 1 aromatic carbocycles. The van der Waals surface area contributed by atoms with E-state index in [1.807, 2.05) is 0 Å². The molecular weight excluding hydrogens is 387 g/mol. The molecular formula is C15H16F3N5O3S. The first kappa shape index (κ1) is 19.4. The van der Waals surface area contributed by atoms with E-state index in [0.717, 1.165) is 0 Å². The summed E-state index contributed by atoms with van der Waals surface area (Å²) in [4.78, 5) is 14.2. The number of benzene rings is 1. The SMILES string of the molecule is CC(Sc1nnnn1-c1ccc(OC(F)(F)F)cc1)C(=O)N1CCOCC1. The molecule has 1 amide bonds. The molecule has 0 spiro atoms. The number of carbonyl (C=O) groups is 1. The number of morpholine rings is 1. The lowest BCUT2D eigenvalue weighted by molar-refractivity contribution is -0.274. The predicted octanol–water partition coefficient (Wildman–Crippen LogP) is 1.90. The summed E-state index contributed by atoms with van der Waals surface area (Å²) in [5, 5.41) is 11.3. The van der Waals surface area contributed by atoms with Crippen LogP contribution in [0.25, 0.3) is 5.69 Å². The van der Waals surface area contributed by atoms with Gasteiger partial charge in [0.15, 0.2) is 0 Å². The first-order valence-electron chi connectivity index (χ1n) is 8.01. The summed E-state index contributed by atoms with van der Waals surface area (Å²) in [6, 6.07) is 5.13. The van der Waals surface area contributed by atoms with E-state index in [-0.39, 0.29) is 11.7 Å². The van der Waals surface area contributed by atoms with Crippen LogP contribution >= 0.6 is 11.8 Å². The zero-order valence-electron chi connectivity index (χ0n) is 14.2. The van der Waals surface area contributed by atoms with Gasteiger partial charge in [-0.15, -0.1) is 18.3 Å². The molecule has 1 saturated heterocycles. The van der Waals surface area contributed by atoms with Crippen molar-refractivity contribution in [1.29, 1.82) is 0 Å². The monoisotopic (exact) mass is 403 g/mol. The topological polar surface area (TPSA) is 82.4 Å². The molecule has 1 aliphatic rings. The first-order valence-corrected chi connectivity index (χ1v) is 8.89. The van der Waals surface area contributed by atoms with Gasteiger partial charge < -0.3 is 14.4 Å². The van der Waals surface area contributed by atoms with Crippen LogP contribution in [-0.2, 0) is 9.53 Å². The lowest BCUT2D eigenvalue weighted by atomic mass is 10.3. The summed E-state index contributed by atoms with van der Waals surface area (Å²) in [7, 11) is 0. The van der Waals surface area contributed by atoms with Crippen LogP contribution in [0.15, 0.2) is 29.4 Å². The normalized spacial score (nSPS) is 16.2. The molecule has 0 aliphatic carbocycles. The zero-order valence-corrected chi connectivity index (χ0v) is 15.0. The fraction of sp³-hybridized carbons (Fsp3) is 0.467. The maximum atomic E-state index is 12.5. The molecule has 0 radical (unpaired) electrons. The summed E-state index contributed by atoms with van der Waals surface area (Å²) < 4.78 is 47.2. The molecule has 8 nitrogen and oxygen atoms in total. The van der Waals surface area contributed by atoms with Gasteiger partial charge in [-0.1, -0.05) is 11.8 Å². The van der Waals surface area contributed by atoms with Gasteiger partial charge in [0.25, 0.3) is 0 Å². The van der Waals surface area contributed by atoms with E-state index in [4.69, 9.17) is 4.74 Å². The largest absolute Gasteiger partial charge is 0.573 e. The molecule has 0 N–H and O–H groups in total. The minimum absolute atomic E-state index is 0.0493. The average Bonchev–Trinajstić information content (AvgIpc) is 3.09. The number of hydrogen-bond acceptors (Lipinski definition) is 7. The lowest BCUT2D eigenvalue weighted by Crippen LogP contribution is -2.44. The van der Waals surface area contributed by atoms with Crippen LogP contribution < -0.4 is 4.74 Å². The second kappa shape index (κ2) is 8.13. The third kappa shape index (κ3) is 5.10. The number of aromatic nitrogens is 4. The molecule has 1 atom stereocenters. The minimum atomic E-state index is -4.76. The van der Waals surface area contributed by atoms with Crippen molar-refractivity contribution in [2.75, 3.05) is 26.3 Å². The van der Waals surface area contributed by atoms with Crippen molar-refractivity contribution in [1.82, 2.24) is 25.1 Å². The van der Waals surface area contributed by atoms with Gasteiger partial charge >= 0.3 is 6.36 Å². The average molecular weight is 403 g/mol. The lowest BCUT2D eigenvalue weighted by Gasteiger charge is -2.28. The van der Waals surface area contributed by atoms with Crippen molar-refractivity contribution >= 4 is 17.7 Å². The molecule has 1 aromatic heterocycles. The number of ether oxygens (including phenoxy) is 2. The van der Waals surface area contributed by atoms with Gasteiger partial charge in [0.2, 0.25) is 11.1 Å². The Kier molecular flexibility index (Phi) is 5.85. The van der Waals surface area contributed by atoms with Gasteiger partial charge in [-0.2, -0.15) is 4.68 Å². The van der Waals surface area contributed by atoms with Crippen LogP contribution in [0.4, 0.5) is 13.2 Å². The highest BCUT2D eigenvalue weighted by Gasteiger charge is 2.31. The van der Waals surface area contributed by atoms with E-state index >= 15 is 0 Å². The van der Waals surface area contributed by atoms with E-state index in [2.05, 4.69) is 20.3 Å². The summed E-state index contributed by atoms with van der Waals surface area (Å²) in [5.74, 6) is -0.392. The Morgan fingerprint density at radius 3 is 2.56 bits per heavy atom. The van der Waals surface area contributed by atoms with Gasteiger partial charge in [-0.05, 0) is 41.6 Å². The highest BCUT2D eigenvalue weighted by atomic mass is 32.2. The van der Waals surface area contributed by atoms with E-state index < -0.39 is 11.6 Å². The van der Waals surface area contributed by atoms with Crippen molar-refractivity contribution in [2.24, 2.45) is 0 Å². The van der Waals surface area contributed by atoms with E-state index in [1.54, 1.807) is 11.8 Å². The minimum Gasteiger partial charge on any atom is -0.406 e. The third-order valence-electron chi connectivity index (χ3n) is 3.71. The summed E-state index contributed by atoms with van der Waals surface area (Å²) >= 11 is 1.17. The summed E-state index contributed by atoms with van der Waals surface area (Å²) in [6.07, 6.45) is -4.76. The number of nitrogens with zero attached hydrogens (tertiary/aromatic N) is 5. The highest BCUT2D eigenvalue weighted by molar-refractivity contribution is 8.00. The second-order valence-electron chi connectivity index (χ2n) is 5.61. The molecule has 12 heteroatoms. The number of amides is 1. The van der Waals surface area contributed by atoms with Gasteiger partial charge in [-0.3, -0.25) is 4.79 Å². The Balaban J connectivity index is 1.69. The number of alkyl halides is 3. The molecule has 3 rings (SSSR count). The summed E-state index contributed by atoms with van der Waals surface area (Å²) in [5.41, 5.74) is 0.447. The molecule has 1 unspecified atom stereocenters. The van der Waals surface area contributed by atoms with Crippen LogP contribution in [0.5, 0.6) is 5.75 Å². The Bertz CT molecular complexity index is 778. The number of hydrogen-bond donors (Lipinski definition) is 0. The number of thioether (sulfide) groups is 1. The second-order valence-corrected chi connectivity index (χ2v) is 6.92. The quantitative estimate of drug-likeness (QED) is 0.705. The van der Waals surface area contributed by atoms with Crippen molar-refractivity contribution in [2.45, 2.75) is 23.7 Å². The molecule has 1 fully saturated rings. The number of rotatable bonds is 5. The molecule has 1 aliphatic heterocycles. The van der Waals surface area contributed by atoms with Crippen molar-refractivity contribution < 1.29 is 27.4 Å². The summed E-state index contributed by atoms with van der Waals surface area (Å²) in [6.45, 7) is 3.84. The van der Waals surface area contributed by atoms with Gasteiger partial charge in [-0.25, -0.2) is 0 Å². The van der Waals surface area contributed by atoms with Crippen molar-refractivity contribution in [3.63, 3.8) is 0 Å². The predicted molar refractivity (Wildman–Crippen MR) is 88.6 cm³/mol. The van der Waals surface area contributed by atoms with Crippen molar-refractivity contribution in [3.05, 3.63) is 24.3 Å². The molecule has 27 heavy (non-hydrogen) atoms. The Hall–Kier alpha value is -2.34. The number of tetrazole rings is 1. The molecule has 2 heterocycles. The maximum absolute atomic E-state index is 12.5. The Morgan fingerprint density at radius 2 is 1.93 bits per heavy atom. The molecule has 146 valence electrons. The first-order chi connectivity index (χ1) is 12.8. The van der Waals surface area contributed by atoms with E-state index in [0.29, 0.717) is 37.1 Å². The highest BCUT2D eigenvalue weighted by Crippen LogP contribution is 2.27. The standard InChI is InChI=1S/C15H16F3N5O3S/c1-10(13(24)22-6-8-25-9-7-22)27-14-19-20-21-23(14)11-2-4-12(5-3-11)26-15(16,17)18/h2-5,10H,6-9H2,1H3. The van der Waals surface area contributed by atoms with Gasteiger partial charge in [0.1, 0.15) is 5.75 Å². The third-order valence-corrected chi connectivity index (χ3v) is 4.73. The maximum Gasteiger partial charge on any atom is 0.573 e. The van der Waals surface area contributed by atoms with Crippen molar-refractivity contribution in [3.8, 4) is 11.4 Å². The molecule has 0 saturated carbocycles. The van der Waals surface area contributed by atoms with Gasteiger partial charge in [0.05, 0.1) is 24.2 Å². The van der Waals surface area contributed by atoms with Crippen LogP contribution in [-0.4, -0.2) is 68.9 Å². The number of halogens is 3. The van der Waals surface area contributed by atoms with Crippen LogP contribution in [0.3, 0.4) is 0 Å². The number of carbonyl (C=O) groups excluding carboxylic acids is 1. The molecule has 0 bridgehead atoms.